The van der Waals surface area contributed by atoms with Gasteiger partial charge in [-0.05, 0) is 43.9 Å². The van der Waals surface area contributed by atoms with Crippen molar-refractivity contribution in [3.8, 4) is 0 Å². The van der Waals surface area contributed by atoms with Gasteiger partial charge >= 0.3 is 0 Å². The molecule has 4 aliphatic rings. The zero-order valence-corrected chi connectivity index (χ0v) is 12.9. The first-order valence-electron chi connectivity index (χ1n) is 9.04. The van der Waals surface area contributed by atoms with E-state index in [2.05, 4.69) is 15.1 Å². The van der Waals surface area contributed by atoms with Crippen LogP contribution in [0.15, 0.2) is 0 Å². The molecule has 2 heterocycles. The van der Waals surface area contributed by atoms with E-state index in [4.69, 9.17) is 0 Å². The minimum atomic E-state index is 0.805. The third-order valence-corrected chi connectivity index (χ3v) is 6.75. The lowest BCUT2D eigenvalue weighted by Gasteiger charge is -2.52. The summed E-state index contributed by atoms with van der Waals surface area (Å²) in [6.45, 7) is 7.65. The molecule has 0 atom stereocenters. The Morgan fingerprint density at radius 3 is 2.05 bits per heavy atom. The maximum Gasteiger partial charge on any atom is 0.0351 e. The number of hydrogen-bond donors (Lipinski definition) is 1. The minimum Gasteiger partial charge on any atom is -0.314 e. The minimum absolute atomic E-state index is 0.805. The Balaban J connectivity index is 1.23. The van der Waals surface area contributed by atoms with Crippen LogP contribution in [0.3, 0.4) is 0 Å². The molecule has 1 spiro atoms. The van der Waals surface area contributed by atoms with Crippen LogP contribution in [0.4, 0.5) is 0 Å². The number of rotatable bonds is 2. The van der Waals surface area contributed by atoms with Gasteiger partial charge in [0.15, 0.2) is 0 Å². The maximum atomic E-state index is 3.46. The lowest BCUT2D eigenvalue weighted by atomic mass is 9.70. The van der Waals surface area contributed by atoms with Gasteiger partial charge < -0.3 is 5.32 Å². The number of hydrogen-bond acceptors (Lipinski definition) is 3. The zero-order chi connectivity index (χ0) is 13.4. The van der Waals surface area contributed by atoms with E-state index < -0.39 is 0 Å². The Morgan fingerprint density at radius 2 is 1.40 bits per heavy atom. The first-order valence-corrected chi connectivity index (χ1v) is 9.04. The molecule has 0 radical (unpaired) electrons. The van der Waals surface area contributed by atoms with E-state index in [0.29, 0.717) is 0 Å². The van der Waals surface area contributed by atoms with E-state index in [-0.39, 0.29) is 0 Å². The maximum absolute atomic E-state index is 3.46. The number of likely N-dealkylation sites (tertiary alicyclic amines) is 1. The van der Waals surface area contributed by atoms with Crippen LogP contribution in [0.1, 0.15) is 51.4 Å². The molecule has 1 N–H and O–H groups in total. The quantitative estimate of drug-likeness (QED) is 0.834. The van der Waals surface area contributed by atoms with Crippen LogP contribution in [0.2, 0.25) is 0 Å². The Labute approximate surface area is 124 Å². The summed E-state index contributed by atoms with van der Waals surface area (Å²) in [6, 6.07) is 1.81. The standard InChI is InChI=1S/C17H31N3/c1-2-6-17(5-1)7-3-15(4-8-17)20-13-16(14-20)19-11-9-18-10-12-19/h15-16,18H,1-14H2. The Hall–Kier alpha value is -0.120. The molecule has 4 rings (SSSR count). The van der Waals surface area contributed by atoms with E-state index in [0.717, 1.165) is 17.5 Å². The lowest BCUT2D eigenvalue weighted by Crippen LogP contribution is -2.65. The van der Waals surface area contributed by atoms with Crippen LogP contribution in [-0.4, -0.2) is 61.2 Å². The highest BCUT2D eigenvalue weighted by Crippen LogP contribution is 2.49. The van der Waals surface area contributed by atoms with E-state index >= 15 is 0 Å². The molecule has 114 valence electrons. The van der Waals surface area contributed by atoms with Gasteiger partial charge in [0, 0.05) is 51.4 Å². The van der Waals surface area contributed by atoms with Gasteiger partial charge in [-0.3, -0.25) is 9.80 Å². The van der Waals surface area contributed by atoms with Crippen LogP contribution in [0.25, 0.3) is 0 Å². The predicted molar refractivity (Wildman–Crippen MR) is 83.0 cm³/mol. The smallest absolute Gasteiger partial charge is 0.0351 e. The highest BCUT2D eigenvalue weighted by molar-refractivity contribution is 4.97. The van der Waals surface area contributed by atoms with E-state index in [1.165, 1.54) is 77.8 Å². The second kappa shape index (κ2) is 5.58. The summed E-state index contributed by atoms with van der Waals surface area (Å²) in [5, 5.41) is 3.46. The molecule has 20 heavy (non-hydrogen) atoms. The topological polar surface area (TPSA) is 18.5 Å². The molecule has 0 amide bonds. The van der Waals surface area contributed by atoms with Crippen LogP contribution >= 0.6 is 0 Å². The van der Waals surface area contributed by atoms with Crippen molar-refractivity contribution >= 4 is 0 Å². The molecule has 3 heteroatoms. The number of nitrogens with zero attached hydrogens (tertiary/aromatic N) is 2. The fourth-order valence-corrected chi connectivity index (χ4v) is 5.27. The number of piperazine rings is 1. The molecule has 2 saturated carbocycles. The largest absolute Gasteiger partial charge is 0.314 e. The molecule has 3 nitrogen and oxygen atoms in total. The van der Waals surface area contributed by atoms with Gasteiger partial charge in [0.1, 0.15) is 0 Å². The lowest BCUT2D eigenvalue weighted by molar-refractivity contribution is -0.0226. The van der Waals surface area contributed by atoms with Crippen LogP contribution in [-0.2, 0) is 0 Å². The summed E-state index contributed by atoms with van der Waals surface area (Å²) < 4.78 is 0. The summed E-state index contributed by atoms with van der Waals surface area (Å²) in [6.07, 6.45) is 12.2. The molecule has 2 aliphatic carbocycles. The van der Waals surface area contributed by atoms with E-state index in [9.17, 15) is 0 Å². The first kappa shape index (κ1) is 13.5. The Kier molecular flexibility index (Phi) is 3.78. The SMILES string of the molecule is C1CCC2(C1)CCC(N1CC(N3CCNCC3)C1)CC2. The molecule has 4 fully saturated rings. The van der Waals surface area contributed by atoms with Gasteiger partial charge in [0.05, 0.1) is 0 Å². The van der Waals surface area contributed by atoms with Gasteiger partial charge in [-0.15, -0.1) is 0 Å². The summed E-state index contributed by atoms with van der Waals surface area (Å²) in [5.41, 5.74) is 0.805. The zero-order valence-electron chi connectivity index (χ0n) is 12.9. The average molecular weight is 277 g/mol. The first-order chi connectivity index (χ1) is 9.85. The average Bonchev–Trinajstić information content (AvgIpc) is 2.89. The molecule has 0 aromatic heterocycles. The summed E-state index contributed by atoms with van der Waals surface area (Å²) in [4.78, 5) is 5.52. The van der Waals surface area contributed by atoms with Crippen LogP contribution < -0.4 is 5.32 Å². The second-order valence-corrected chi connectivity index (χ2v) is 7.83. The van der Waals surface area contributed by atoms with Crippen LogP contribution in [0, 0.1) is 5.41 Å². The summed E-state index contributed by atoms with van der Waals surface area (Å²) >= 11 is 0. The fourth-order valence-electron chi connectivity index (χ4n) is 5.27. The predicted octanol–water partition coefficient (Wildman–Crippen LogP) is 2.08. The van der Waals surface area contributed by atoms with Crippen molar-refractivity contribution in [2.45, 2.75) is 63.5 Å². The monoisotopic (exact) mass is 277 g/mol. The van der Waals surface area contributed by atoms with Crippen molar-refractivity contribution in [2.75, 3.05) is 39.3 Å². The normalized spacial score (nSPS) is 33.6. The fraction of sp³-hybridized carbons (Fsp3) is 1.00. The summed E-state index contributed by atoms with van der Waals surface area (Å²) in [5.74, 6) is 0. The van der Waals surface area contributed by atoms with Crippen molar-refractivity contribution in [1.29, 1.82) is 0 Å². The molecular formula is C17H31N3. The second-order valence-electron chi connectivity index (χ2n) is 7.83. The van der Waals surface area contributed by atoms with Gasteiger partial charge in [-0.2, -0.15) is 0 Å². The highest BCUT2D eigenvalue weighted by Gasteiger charge is 2.42. The third kappa shape index (κ3) is 2.53. The molecule has 0 aromatic rings. The van der Waals surface area contributed by atoms with E-state index in [1.54, 1.807) is 12.8 Å². The third-order valence-electron chi connectivity index (χ3n) is 6.75. The van der Waals surface area contributed by atoms with E-state index in [1.807, 2.05) is 0 Å². The summed E-state index contributed by atoms with van der Waals surface area (Å²) in [7, 11) is 0. The molecule has 0 unspecified atom stereocenters. The van der Waals surface area contributed by atoms with Crippen molar-refractivity contribution in [3.63, 3.8) is 0 Å². The van der Waals surface area contributed by atoms with Crippen LogP contribution in [0.5, 0.6) is 0 Å². The number of nitrogens with one attached hydrogen (secondary N) is 1. The van der Waals surface area contributed by atoms with Crippen molar-refractivity contribution in [3.05, 3.63) is 0 Å². The van der Waals surface area contributed by atoms with Crippen molar-refractivity contribution < 1.29 is 0 Å². The molecule has 2 saturated heterocycles. The van der Waals surface area contributed by atoms with Gasteiger partial charge in [0.25, 0.3) is 0 Å². The van der Waals surface area contributed by atoms with Gasteiger partial charge in [-0.1, -0.05) is 12.8 Å². The van der Waals surface area contributed by atoms with Crippen molar-refractivity contribution in [2.24, 2.45) is 5.41 Å². The molecule has 0 bridgehead atoms. The van der Waals surface area contributed by atoms with Crippen molar-refractivity contribution in [1.82, 2.24) is 15.1 Å². The Morgan fingerprint density at radius 1 is 0.750 bits per heavy atom. The highest BCUT2D eigenvalue weighted by atomic mass is 15.3. The molecule has 0 aromatic carbocycles. The van der Waals surface area contributed by atoms with Gasteiger partial charge in [-0.25, -0.2) is 0 Å². The molecule has 2 aliphatic heterocycles. The molecular weight excluding hydrogens is 246 g/mol. The Bertz CT molecular complexity index is 315. The van der Waals surface area contributed by atoms with Gasteiger partial charge in [0.2, 0.25) is 0 Å².